The van der Waals surface area contributed by atoms with E-state index in [1.807, 2.05) is 19.9 Å². The molecule has 1 aliphatic heterocycles. The molecule has 0 saturated carbocycles. The summed E-state index contributed by atoms with van der Waals surface area (Å²) in [5.74, 6) is -3.19. The van der Waals surface area contributed by atoms with Crippen molar-refractivity contribution in [3.05, 3.63) is 60.4 Å². The fourth-order valence-electron chi connectivity index (χ4n) is 3.52. The number of aromatic nitrogens is 2. The number of Topliss-reactive ketones (excluding diaryl/α,β-unsaturated/α-hetero) is 1. The van der Waals surface area contributed by atoms with Gasteiger partial charge in [-0.1, -0.05) is 44.2 Å². The first-order valence-electron chi connectivity index (χ1n) is 9.49. The van der Waals surface area contributed by atoms with E-state index in [0.717, 1.165) is 11.0 Å². The number of H-pyrrole nitrogens is 1. The smallest absolute Gasteiger partial charge is 0.326 e. The molecule has 0 bridgehead atoms. The van der Waals surface area contributed by atoms with Gasteiger partial charge < -0.3 is 9.72 Å². The molecule has 29 heavy (non-hydrogen) atoms. The number of ether oxygens (including phenoxy) is 1. The molecule has 4 rings (SSSR count). The molecule has 1 aliphatic rings. The summed E-state index contributed by atoms with van der Waals surface area (Å²) >= 11 is 0. The lowest BCUT2D eigenvalue weighted by molar-refractivity contribution is -0.154. The number of anilines is 1. The summed E-state index contributed by atoms with van der Waals surface area (Å²) < 4.78 is 5.23. The number of nitrogens with one attached hydrogen (secondary N) is 1. The Morgan fingerprint density at radius 3 is 2.66 bits per heavy atom. The number of imidazole rings is 1. The standard InChI is InChI=1S/C22H21N3O4/c1-13(2)11-29-22(28)18-20(26)19(14-6-4-3-5-7-14)25(21(18)27)15-8-9-16-17(10-15)24-12-23-16/h3-10,12-13,18-19H,11H2,1-2H3,(H,23,24). The van der Waals surface area contributed by atoms with E-state index in [1.165, 1.54) is 4.90 Å². The number of aromatic amines is 1. The minimum atomic E-state index is -1.46. The highest BCUT2D eigenvalue weighted by Gasteiger charge is 2.53. The van der Waals surface area contributed by atoms with Crippen molar-refractivity contribution < 1.29 is 19.1 Å². The summed E-state index contributed by atoms with van der Waals surface area (Å²) in [5.41, 5.74) is 2.65. The van der Waals surface area contributed by atoms with Crippen molar-refractivity contribution in [2.75, 3.05) is 11.5 Å². The summed E-state index contributed by atoms with van der Waals surface area (Å²) in [5, 5.41) is 0. The molecular formula is C22H21N3O4. The third-order valence-corrected chi connectivity index (χ3v) is 4.89. The second kappa shape index (κ2) is 7.50. The quantitative estimate of drug-likeness (QED) is 0.533. The fraction of sp³-hybridized carbons (Fsp3) is 0.273. The van der Waals surface area contributed by atoms with Gasteiger partial charge in [0, 0.05) is 5.69 Å². The predicted octanol–water partition coefficient (Wildman–Crippen LogP) is 3.04. The zero-order chi connectivity index (χ0) is 20.5. The summed E-state index contributed by atoms with van der Waals surface area (Å²) in [6.07, 6.45) is 1.56. The van der Waals surface area contributed by atoms with E-state index in [0.29, 0.717) is 11.3 Å². The van der Waals surface area contributed by atoms with Crippen molar-refractivity contribution in [2.24, 2.45) is 11.8 Å². The summed E-state index contributed by atoms with van der Waals surface area (Å²) in [6.45, 7) is 3.94. The Bertz CT molecular complexity index is 1070. The van der Waals surface area contributed by atoms with Crippen LogP contribution in [0.2, 0.25) is 0 Å². The van der Waals surface area contributed by atoms with Crippen molar-refractivity contribution in [2.45, 2.75) is 19.9 Å². The van der Waals surface area contributed by atoms with Gasteiger partial charge in [-0.15, -0.1) is 0 Å². The van der Waals surface area contributed by atoms with Crippen LogP contribution in [0.25, 0.3) is 11.0 Å². The van der Waals surface area contributed by atoms with Gasteiger partial charge >= 0.3 is 5.97 Å². The second-order valence-corrected chi connectivity index (χ2v) is 7.48. The molecule has 1 amide bonds. The molecule has 0 spiro atoms. The highest BCUT2D eigenvalue weighted by molar-refractivity contribution is 6.29. The van der Waals surface area contributed by atoms with Crippen LogP contribution in [0, 0.1) is 11.8 Å². The monoisotopic (exact) mass is 391 g/mol. The molecule has 2 atom stereocenters. The normalized spacial score (nSPS) is 19.3. The number of benzene rings is 2. The first-order valence-corrected chi connectivity index (χ1v) is 9.49. The lowest BCUT2D eigenvalue weighted by atomic mass is 9.98. The number of nitrogens with zero attached hydrogens (tertiary/aromatic N) is 2. The number of ketones is 1. The third-order valence-electron chi connectivity index (χ3n) is 4.89. The maximum absolute atomic E-state index is 13.2. The van der Waals surface area contributed by atoms with Gasteiger partial charge in [-0.05, 0) is 29.7 Å². The highest BCUT2D eigenvalue weighted by atomic mass is 16.5. The number of hydrogen-bond acceptors (Lipinski definition) is 5. The molecule has 2 aromatic carbocycles. The van der Waals surface area contributed by atoms with Crippen molar-refractivity contribution in [1.82, 2.24) is 9.97 Å². The first-order chi connectivity index (χ1) is 14.0. The van der Waals surface area contributed by atoms with Crippen molar-refractivity contribution in [3.8, 4) is 0 Å². The van der Waals surface area contributed by atoms with E-state index in [4.69, 9.17) is 4.74 Å². The lowest BCUT2D eigenvalue weighted by Crippen LogP contribution is -2.33. The fourth-order valence-corrected chi connectivity index (χ4v) is 3.52. The Morgan fingerprint density at radius 2 is 1.93 bits per heavy atom. The van der Waals surface area contributed by atoms with E-state index in [-0.39, 0.29) is 12.5 Å². The van der Waals surface area contributed by atoms with Crippen LogP contribution in [-0.2, 0) is 19.1 Å². The Morgan fingerprint density at radius 1 is 1.17 bits per heavy atom. The number of rotatable bonds is 5. The second-order valence-electron chi connectivity index (χ2n) is 7.48. The Kier molecular flexibility index (Phi) is 4.88. The largest absolute Gasteiger partial charge is 0.464 e. The molecule has 148 valence electrons. The van der Waals surface area contributed by atoms with Gasteiger partial charge in [-0.3, -0.25) is 19.3 Å². The first kappa shape index (κ1) is 18.9. The van der Waals surface area contributed by atoms with Crippen LogP contribution in [0.3, 0.4) is 0 Å². The summed E-state index contributed by atoms with van der Waals surface area (Å²) in [4.78, 5) is 47.6. The van der Waals surface area contributed by atoms with Gasteiger partial charge in [0.2, 0.25) is 5.91 Å². The third kappa shape index (κ3) is 3.40. The van der Waals surface area contributed by atoms with Gasteiger partial charge in [-0.2, -0.15) is 0 Å². The summed E-state index contributed by atoms with van der Waals surface area (Å²) in [7, 11) is 0. The van der Waals surface area contributed by atoms with Gasteiger partial charge in [0.05, 0.1) is 24.0 Å². The van der Waals surface area contributed by atoms with E-state index < -0.39 is 29.6 Å². The van der Waals surface area contributed by atoms with E-state index >= 15 is 0 Å². The Balaban J connectivity index is 1.76. The minimum Gasteiger partial charge on any atom is -0.464 e. The van der Waals surface area contributed by atoms with Crippen LogP contribution in [-0.4, -0.2) is 34.2 Å². The van der Waals surface area contributed by atoms with E-state index in [9.17, 15) is 14.4 Å². The SMILES string of the molecule is CC(C)COC(=O)C1C(=O)C(c2ccccc2)N(c2ccc3nc[nH]c3c2)C1=O. The molecule has 1 N–H and O–H groups in total. The topological polar surface area (TPSA) is 92.4 Å². The van der Waals surface area contributed by atoms with Crippen LogP contribution >= 0.6 is 0 Å². The van der Waals surface area contributed by atoms with Crippen LogP contribution in [0.5, 0.6) is 0 Å². The van der Waals surface area contributed by atoms with E-state index in [2.05, 4.69) is 9.97 Å². The highest BCUT2D eigenvalue weighted by Crippen LogP contribution is 2.38. The average Bonchev–Trinajstić information content (AvgIpc) is 3.28. The molecule has 1 aromatic heterocycles. The molecule has 2 unspecified atom stereocenters. The maximum atomic E-state index is 13.2. The van der Waals surface area contributed by atoms with Crippen molar-refractivity contribution in [3.63, 3.8) is 0 Å². The number of fused-ring (bicyclic) bond motifs is 1. The van der Waals surface area contributed by atoms with Gasteiger partial charge in [0.25, 0.3) is 0 Å². The molecule has 0 aliphatic carbocycles. The zero-order valence-corrected chi connectivity index (χ0v) is 16.2. The molecule has 7 heteroatoms. The molecule has 0 radical (unpaired) electrons. The maximum Gasteiger partial charge on any atom is 0.326 e. The van der Waals surface area contributed by atoms with Crippen LogP contribution < -0.4 is 4.90 Å². The molecular weight excluding hydrogens is 370 g/mol. The van der Waals surface area contributed by atoms with Gasteiger partial charge in [0.15, 0.2) is 11.7 Å². The van der Waals surface area contributed by atoms with Crippen LogP contribution in [0.4, 0.5) is 5.69 Å². The number of hydrogen-bond donors (Lipinski definition) is 1. The Hall–Kier alpha value is -3.48. The number of carbonyl (C=O) groups excluding carboxylic acids is 3. The van der Waals surface area contributed by atoms with Gasteiger partial charge in [-0.25, -0.2) is 4.98 Å². The van der Waals surface area contributed by atoms with E-state index in [1.54, 1.807) is 48.8 Å². The van der Waals surface area contributed by atoms with Gasteiger partial charge in [0.1, 0.15) is 6.04 Å². The zero-order valence-electron chi connectivity index (χ0n) is 16.2. The average molecular weight is 391 g/mol. The minimum absolute atomic E-state index is 0.106. The lowest BCUT2D eigenvalue weighted by Gasteiger charge is -2.24. The number of carbonyl (C=O) groups is 3. The Labute approximate surface area is 167 Å². The molecule has 2 heterocycles. The van der Waals surface area contributed by atoms with Crippen molar-refractivity contribution >= 4 is 34.4 Å². The van der Waals surface area contributed by atoms with Crippen LogP contribution in [0.1, 0.15) is 25.5 Å². The molecule has 1 fully saturated rings. The van der Waals surface area contributed by atoms with Crippen LogP contribution in [0.15, 0.2) is 54.9 Å². The number of esters is 1. The molecule has 3 aromatic rings. The number of amides is 1. The molecule has 1 saturated heterocycles. The van der Waals surface area contributed by atoms with Crippen molar-refractivity contribution in [1.29, 1.82) is 0 Å². The predicted molar refractivity (Wildman–Crippen MR) is 107 cm³/mol. The summed E-state index contributed by atoms with van der Waals surface area (Å²) in [6, 6.07) is 13.4. The molecule has 7 nitrogen and oxygen atoms in total.